The number of nitrogens with zero attached hydrogens (tertiary/aromatic N) is 1. The molecule has 2 aromatic carbocycles. The van der Waals surface area contributed by atoms with E-state index in [0.29, 0.717) is 31.5 Å². The van der Waals surface area contributed by atoms with Crippen LogP contribution < -0.4 is 0 Å². The Hall–Kier alpha value is -3.08. The van der Waals surface area contributed by atoms with Gasteiger partial charge in [-0.3, -0.25) is 9.59 Å². The number of rotatable bonds is 3. The zero-order valence-corrected chi connectivity index (χ0v) is 14.3. The second kappa shape index (κ2) is 6.33. The maximum atomic E-state index is 12.9. The molecule has 0 spiro atoms. The number of likely N-dealkylation sites (tertiary alicyclic amines) is 1. The lowest BCUT2D eigenvalue weighted by Crippen LogP contribution is -2.49. The number of carboxylic acids is 1. The topological polar surface area (TPSA) is 73.4 Å². The molecule has 4 rings (SSSR count). The van der Waals surface area contributed by atoms with Crippen molar-refractivity contribution in [1.82, 2.24) is 9.88 Å². The van der Waals surface area contributed by atoms with E-state index in [0.717, 1.165) is 16.5 Å². The van der Waals surface area contributed by atoms with E-state index in [1.54, 1.807) is 4.90 Å². The van der Waals surface area contributed by atoms with Crippen LogP contribution in [0.5, 0.6) is 0 Å². The van der Waals surface area contributed by atoms with Crippen LogP contribution >= 0.6 is 0 Å². The Kier molecular flexibility index (Phi) is 3.99. The molecule has 2 heterocycles. The maximum absolute atomic E-state index is 12.9. The first kappa shape index (κ1) is 16.4. The highest BCUT2D eigenvalue weighted by molar-refractivity contribution is 5.98. The second-order valence-electron chi connectivity index (χ2n) is 6.83. The molecule has 2 N–H and O–H groups in total. The van der Waals surface area contributed by atoms with Gasteiger partial charge in [0.1, 0.15) is 0 Å². The number of benzene rings is 2. The van der Waals surface area contributed by atoms with Gasteiger partial charge in [-0.15, -0.1) is 0 Å². The monoisotopic (exact) mass is 348 g/mol. The van der Waals surface area contributed by atoms with Gasteiger partial charge >= 0.3 is 5.97 Å². The van der Waals surface area contributed by atoms with E-state index >= 15 is 0 Å². The Morgan fingerprint density at radius 1 is 1.00 bits per heavy atom. The third-order valence-corrected chi connectivity index (χ3v) is 5.44. The number of hydrogen-bond acceptors (Lipinski definition) is 2. The number of fused-ring (bicyclic) bond motifs is 1. The van der Waals surface area contributed by atoms with Gasteiger partial charge in [0, 0.05) is 35.8 Å². The van der Waals surface area contributed by atoms with Crippen LogP contribution in [0.1, 0.15) is 28.8 Å². The van der Waals surface area contributed by atoms with E-state index in [9.17, 15) is 14.7 Å². The Morgan fingerprint density at radius 3 is 2.42 bits per heavy atom. The number of aromatic amines is 1. The van der Waals surface area contributed by atoms with Crippen LogP contribution in [-0.4, -0.2) is 40.0 Å². The molecular formula is C21H20N2O3. The fourth-order valence-electron chi connectivity index (χ4n) is 3.84. The highest BCUT2D eigenvalue weighted by Gasteiger charge is 2.43. The zero-order chi connectivity index (χ0) is 18.1. The number of hydrogen-bond donors (Lipinski definition) is 2. The number of H-pyrrole nitrogens is 1. The van der Waals surface area contributed by atoms with Crippen molar-refractivity contribution in [1.29, 1.82) is 0 Å². The predicted molar refractivity (Wildman–Crippen MR) is 99.2 cm³/mol. The van der Waals surface area contributed by atoms with E-state index in [2.05, 4.69) is 4.98 Å². The summed E-state index contributed by atoms with van der Waals surface area (Å²) in [6.45, 7) is 0.871. The normalized spacial score (nSPS) is 16.5. The van der Waals surface area contributed by atoms with Crippen LogP contribution in [0.3, 0.4) is 0 Å². The molecule has 132 valence electrons. The van der Waals surface area contributed by atoms with Gasteiger partial charge in [0.2, 0.25) is 0 Å². The quantitative estimate of drug-likeness (QED) is 0.762. The van der Waals surface area contributed by atoms with Crippen molar-refractivity contribution < 1.29 is 14.7 Å². The number of carbonyl (C=O) groups is 2. The first-order valence-corrected chi connectivity index (χ1v) is 8.75. The lowest BCUT2D eigenvalue weighted by atomic mass is 9.72. The van der Waals surface area contributed by atoms with Gasteiger partial charge in [-0.05, 0) is 42.7 Å². The lowest BCUT2D eigenvalue weighted by Gasteiger charge is -2.39. The van der Waals surface area contributed by atoms with E-state index in [1.165, 1.54) is 0 Å². The van der Waals surface area contributed by atoms with E-state index in [-0.39, 0.29) is 5.91 Å². The molecule has 5 nitrogen and oxygen atoms in total. The fourth-order valence-corrected chi connectivity index (χ4v) is 3.84. The molecule has 1 aliphatic heterocycles. The van der Waals surface area contributed by atoms with Gasteiger partial charge in [-0.25, -0.2) is 0 Å². The summed E-state index contributed by atoms with van der Waals surface area (Å²) < 4.78 is 0. The van der Waals surface area contributed by atoms with Crippen molar-refractivity contribution in [3.63, 3.8) is 0 Å². The standard InChI is InChI=1S/C21H20N2O3/c24-19(16-6-7-18-15(14-16)8-11-22-18)23-12-9-21(10-13-23,20(25)26)17-4-2-1-3-5-17/h1-8,11,14,22H,9-10,12-13H2,(H,25,26). The average Bonchev–Trinajstić information content (AvgIpc) is 3.16. The minimum absolute atomic E-state index is 0.0415. The largest absolute Gasteiger partial charge is 0.481 e. The molecule has 1 amide bonds. The molecule has 0 radical (unpaired) electrons. The summed E-state index contributed by atoms with van der Waals surface area (Å²) in [5.74, 6) is -0.857. The molecule has 1 aromatic heterocycles. The van der Waals surface area contributed by atoms with Gasteiger partial charge in [-0.1, -0.05) is 30.3 Å². The minimum atomic E-state index is -0.914. The number of aromatic nitrogens is 1. The summed E-state index contributed by atoms with van der Waals surface area (Å²) in [5, 5.41) is 10.9. The number of nitrogens with one attached hydrogen (secondary N) is 1. The van der Waals surface area contributed by atoms with Crippen molar-refractivity contribution in [3.8, 4) is 0 Å². The summed E-state index contributed by atoms with van der Waals surface area (Å²) in [6.07, 6.45) is 2.69. The highest BCUT2D eigenvalue weighted by Crippen LogP contribution is 2.36. The summed E-state index contributed by atoms with van der Waals surface area (Å²) in [6, 6.07) is 16.9. The van der Waals surface area contributed by atoms with Crippen molar-refractivity contribution in [2.75, 3.05) is 13.1 Å². The molecule has 0 unspecified atom stereocenters. The SMILES string of the molecule is O=C(c1ccc2[nH]ccc2c1)N1CCC(C(=O)O)(c2ccccc2)CC1. The average molecular weight is 348 g/mol. The van der Waals surface area contributed by atoms with E-state index < -0.39 is 11.4 Å². The van der Waals surface area contributed by atoms with Crippen LogP contribution in [0.15, 0.2) is 60.8 Å². The number of aliphatic carboxylic acids is 1. The lowest BCUT2D eigenvalue weighted by molar-refractivity contribution is -0.145. The third-order valence-electron chi connectivity index (χ3n) is 5.44. The summed E-state index contributed by atoms with van der Waals surface area (Å²) in [4.78, 5) is 29.8. The Morgan fingerprint density at radius 2 is 1.73 bits per heavy atom. The second-order valence-corrected chi connectivity index (χ2v) is 6.83. The van der Waals surface area contributed by atoms with Crippen LogP contribution in [0.25, 0.3) is 10.9 Å². The molecule has 3 aromatic rings. The first-order chi connectivity index (χ1) is 12.6. The van der Waals surface area contributed by atoms with Crippen molar-refractivity contribution >= 4 is 22.8 Å². The van der Waals surface area contributed by atoms with Gasteiger partial charge < -0.3 is 15.0 Å². The molecule has 0 atom stereocenters. The molecule has 1 fully saturated rings. The minimum Gasteiger partial charge on any atom is -0.481 e. The summed E-state index contributed by atoms with van der Waals surface area (Å²) in [7, 11) is 0. The maximum Gasteiger partial charge on any atom is 0.314 e. The van der Waals surface area contributed by atoms with Crippen molar-refractivity contribution in [2.24, 2.45) is 0 Å². The first-order valence-electron chi connectivity index (χ1n) is 8.75. The Balaban J connectivity index is 1.55. The van der Waals surface area contributed by atoms with Crippen LogP contribution in [0, 0.1) is 0 Å². The van der Waals surface area contributed by atoms with Crippen molar-refractivity contribution in [3.05, 3.63) is 71.9 Å². The van der Waals surface area contributed by atoms with Crippen LogP contribution in [0.2, 0.25) is 0 Å². The Bertz CT molecular complexity index is 954. The van der Waals surface area contributed by atoms with Crippen molar-refractivity contribution in [2.45, 2.75) is 18.3 Å². The zero-order valence-electron chi connectivity index (χ0n) is 14.3. The molecule has 0 saturated carbocycles. The molecule has 1 saturated heterocycles. The smallest absolute Gasteiger partial charge is 0.314 e. The van der Waals surface area contributed by atoms with Gasteiger partial charge in [0.25, 0.3) is 5.91 Å². The highest BCUT2D eigenvalue weighted by atomic mass is 16.4. The van der Waals surface area contributed by atoms with Crippen LogP contribution in [0.4, 0.5) is 0 Å². The molecule has 26 heavy (non-hydrogen) atoms. The van der Waals surface area contributed by atoms with E-state index in [1.807, 2.05) is 60.8 Å². The molecule has 1 aliphatic rings. The van der Waals surface area contributed by atoms with Crippen LogP contribution in [-0.2, 0) is 10.2 Å². The number of piperidine rings is 1. The molecule has 0 aliphatic carbocycles. The number of carbonyl (C=O) groups excluding carboxylic acids is 1. The van der Waals surface area contributed by atoms with Gasteiger partial charge in [0.05, 0.1) is 5.41 Å². The summed E-state index contributed by atoms with van der Waals surface area (Å²) >= 11 is 0. The van der Waals surface area contributed by atoms with E-state index in [4.69, 9.17) is 0 Å². The predicted octanol–water partition coefficient (Wildman–Crippen LogP) is 3.43. The number of carboxylic acid groups (broad SMARTS) is 1. The van der Waals surface area contributed by atoms with Gasteiger partial charge in [0.15, 0.2) is 0 Å². The Labute approximate surface area is 151 Å². The molecule has 0 bridgehead atoms. The third kappa shape index (κ3) is 2.65. The summed E-state index contributed by atoms with van der Waals surface area (Å²) in [5.41, 5.74) is 1.53. The fraction of sp³-hybridized carbons (Fsp3) is 0.238. The molecular weight excluding hydrogens is 328 g/mol. The van der Waals surface area contributed by atoms with Gasteiger partial charge in [-0.2, -0.15) is 0 Å². The number of amides is 1. The molecule has 5 heteroatoms.